The molecule has 0 radical (unpaired) electrons. The van der Waals surface area contributed by atoms with Gasteiger partial charge in [0, 0.05) is 7.11 Å². The number of rotatable bonds is 6. The molecule has 0 spiro atoms. The highest BCUT2D eigenvalue weighted by Crippen LogP contribution is 2.10. The van der Waals surface area contributed by atoms with Gasteiger partial charge in [0.15, 0.2) is 0 Å². The summed E-state index contributed by atoms with van der Waals surface area (Å²) in [4.78, 5) is 1.92. The molecule has 0 aliphatic rings. The second kappa shape index (κ2) is 8.27. The molecule has 0 amide bonds. The lowest BCUT2D eigenvalue weighted by atomic mass is 10.1. The van der Waals surface area contributed by atoms with Crippen molar-refractivity contribution in [2.75, 3.05) is 13.7 Å². The minimum atomic E-state index is 0.724. The number of halogens is 1. The maximum Gasteiger partial charge on any atom is 0.0670 e. The normalized spacial score (nSPS) is 13.2. The van der Waals surface area contributed by atoms with Gasteiger partial charge >= 0.3 is 0 Å². The first kappa shape index (κ1) is 12.7. The Morgan fingerprint density at radius 3 is 2.69 bits per heavy atom. The van der Waals surface area contributed by atoms with E-state index in [0.717, 1.165) is 19.4 Å². The van der Waals surface area contributed by atoms with E-state index < -0.39 is 0 Å². The molecule has 0 heterocycles. The van der Waals surface area contributed by atoms with Gasteiger partial charge in [-0.05, 0) is 30.3 Å². The fourth-order valence-corrected chi connectivity index (χ4v) is 1.39. The number of methoxy groups -OCH3 is 1. The Morgan fingerprint density at radius 1 is 1.54 bits per heavy atom. The van der Waals surface area contributed by atoms with Gasteiger partial charge in [0.05, 0.1) is 6.61 Å². The van der Waals surface area contributed by atoms with Gasteiger partial charge in [-0.2, -0.15) is 0 Å². The quantitative estimate of drug-likeness (QED) is 0.510. The molecule has 0 N–H and O–H groups in total. The van der Waals surface area contributed by atoms with Crippen molar-refractivity contribution in [2.24, 2.45) is 0 Å². The van der Waals surface area contributed by atoms with Gasteiger partial charge < -0.3 is 4.74 Å². The summed E-state index contributed by atoms with van der Waals surface area (Å²) in [5, 5.41) is 0. The maximum atomic E-state index is 5.00. The third-order valence-corrected chi connectivity index (χ3v) is 2.29. The molecule has 0 rings (SSSR count). The highest BCUT2D eigenvalue weighted by atomic mass is 79.9. The molecule has 0 fully saturated rings. The van der Waals surface area contributed by atoms with Crippen LogP contribution in [0.2, 0.25) is 0 Å². The molecule has 0 aromatic carbocycles. The zero-order valence-corrected chi connectivity index (χ0v) is 9.93. The zero-order valence-electron chi connectivity index (χ0n) is 8.35. The molecule has 0 aliphatic carbocycles. The Balaban J connectivity index is 3.77. The van der Waals surface area contributed by atoms with E-state index in [1.807, 2.05) is 11.1 Å². The average molecular weight is 245 g/mol. The zero-order chi connectivity index (χ0) is 10.1. The Bertz CT molecular complexity index is 204. The second-order valence-electron chi connectivity index (χ2n) is 2.91. The number of ether oxygens (including phenoxy) is 1. The van der Waals surface area contributed by atoms with Crippen LogP contribution in [0.15, 0.2) is 34.9 Å². The second-order valence-corrected chi connectivity index (χ2v) is 3.37. The summed E-state index contributed by atoms with van der Waals surface area (Å²) >= 11 is 3.30. The smallest absolute Gasteiger partial charge is 0.0670 e. The molecule has 1 nitrogen and oxygen atoms in total. The van der Waals surface area contributed by atoms with E-state index in [4.69, 9.17) is 4.74 Å². The fourth-order valence-electron chi connectivity index (χ4n) is 0.973. The molecule has 13 heavy (non-hydrogen) atoms. The number of hydrogen-bond acceptors (Lipinski definition) is 1. The number of hydrogen-bond donors (Lipinski definition) is 0. The predicted molar refractivity (Wildman–Crippen MR) is 62.1 cm³/mol. The van der Waals surface area contributed by atoms with Gasteiger partial charge in [-0.25, -0.2) is 0 Å². The summed E-state index contributed by atoms with van der Waals surface area (Å²) < 4.78 is 5.00. The van der Waals surface area contributed by atoms with E-state index in [9.17, 15) is 0 Å². The Hall–Kier alpha value is -0.340. The topological polar surface area (TPSA) is 9.23 Å². The van der Waals surface area contributed by atoms with Gasteiger partial charge in [0.2, 0.25) is 0 Å². The van der Waals surface area contributed by atoms with Gasteiger partial charge in [-0.3, -0.25) is 0 Å². The molecule has 0 saturated heterocycles. The first-order chi connectivity index (χ1) is 6.24. The fraction of sp³-hybridized carbons (Fsp3) is 0.455. The standard InChI is InChI=1S/C11H17BrO/c1-4-11(8-12)7-5-6-10(2)9-13-3/h4,6,8H,1,5,7,9H2,2-3H3/b10-6+,11-8+. The third kappa shape index (κ3) is 6.79. The number of allylic oxidation sites excluding steroid dienone is 3. The Morgan fingerprint density at radius 2 is 2.23 bits per heavy atom. The minimum Gasteiger partial charge on any atom is -0.380 e. The van der Waals surface area contributed by atoms with Crippen molar-refractivity contribution in [2.45, 2.75) is 19.8 Å². The van der Waals surface area contributed by atoms with E-state index in [-0.39, 0.29) is 0 Å². The first-order valence-electron chi connectivity index (χ1n) is 4.30. The van der Waals surface area contributed by atoms with Crippen molar-refractivity contribution in [1.29, 1.82) is 0 Å². The van der Waals surface area contributed by atoms with Crippen molar-refractivity contribution in [3.05, 3.63) is 34.9 Å². The molecular weight excluding hydrogens is 228 g/mol. The van der Waals surface area contributed by atoms with Gasteiger partial charge in [-0.15, -0.1) is 0 Å². The van der Waals surface area contributed by atoms with Crippen LogP contribution in [-0.2, 0) is 4.74 Å². The van der Waals surface area contributed by atoms with Crippen LogP contribution < -0.4 is 0 Å². The van der Waals surface area contributed by atoms with Gasteiger partial charge in [0.1, 0.15) is 0 Å². The molecule has 0 atom stereocenters. The van der Waals surface area contributed by atoms with Crippen molar-refractivity contribution >= 4 is 15.9 Å². The summed E-state index contributed by atoms with van der Waals surface area (Å²) in [6.07, 6.45) is 6.13. The lowest BCUT2D eigenvalue weighted by Gasteiger charge is -2.00. The summed E-state index contributed by atoms with van der Waals surface area (Å²) in [7, 11) is 1.71. The van der Waals surface area contributed by atoms with Crippen molar-refractivity contribution in [3.63, 3.8) is 0 Å². The minimum absolute atomic E-state index is 0.724. The summed E-state index contributed by atoms with van der Waals surface area (Å²) in [5.41, 5.74) is 2.50. The van der Waals surface area contributed by atoms with Crippen LogP contribution >= 0.6 is 15.9 Å². The molecule has 0 bridgehead atoms. The molecule has 0 aliphatic heterocycles. The van der Waals surface area contributed by atoms with Gasteiger partial charge in [0.25, 0.3) is 0 Å². The average Bonchev–Trinajstić information content (AvgIpc) is 2.13. The monoisotopic (exact) mass is 244 g/mol. The van der Waals surface area contributed by atoms with E-state index >= 15 is 0 Å². The van der Waals surface area contributed by atoms with Crippen LogP contribution in [0, 0.1) is 0 Å². The SMILES string of the molecule is C=C/C(=C\Br)CC/C=C(\C)COC. The summed E-state index contributed by atoms with van der Waals surface area (Å²) in [6, 6.07) is 0. The predicted octanol–water partition coefficient (Wildman–Crippen LogP) is 3.82. The largest absolute Gasteiger partial charge is 0.380 e. The Kier molecular flexibility index (Phi) is 8.05. The van der Waals surface area contributed by atoms with Gasteiger partial charge in [-0.1, -0.05) is 40.2 Å². The van der Waals surface area contributed by atoms with Crippen LogP contribution in [0.5, 0.6) is 0 Å². The molecule has 0 aromatic heterocycles. The van der Waals surface area contributed by atoms with Crippen molar-refractivity contribution < 1.29 is 4.74 Å². The Labute approximate surface area is 89.3 Å². The molecule has 2 heteroatoms. The van der Waals surface area contributed by atoms with E-state index in [1.165, 1.54) is 11.1 Å². The van der Waals surface area contributed by atoms with Crippen LogP contribution in [-0.4, -0.2) is 13.7 Å². The van der Waals surface area contributed by atoms with Crippen LogP contribution in [0.3, 0.4) is 0 Å². The first-order valence-corrected chi connectivity index (χ1v) is 5.22. The molecule has 74 valence electrons. The molecule has 0 unspecified atom stereocenters. The molecular formula is C11H17BrO. The summed E-state index contributed by atoms with van der Waals surface area (Å²) in [6.45, 7) is 6.52. The molecule has 0 saturated carbocycles. The van der Waals surface area contributed by atoms with Crippen LogP contribution in [0.4, 0.5) is 0 Å². The van der Waals surface area contributed by atoms with Crippen LogP contribution in [0.1, 0.15) is 19.8 Å². The third-order valence-electron chi connectivity index (χ3n) is 1.70. The molecule has 0 aromatic rings. The van der Waals surface area contributed by atoms with E-state index in [2.05, 4.69) is 35.5 Å². The van der Waals surface area contributed by atoms with Crippen LogP contribution in [0.25, 0.3) is 0 Å². The van der Waals surface area contributed by atoms with E-state index in [0.29, 0.717) is 0 Å². The lowest BCUT2D eigenvalue weighted by Crippen LogP contribution is -1.89. The lowest BCUT2D eigenvalue weighted by molar-refractivity contribution is 0.225. The van der Waals surface area contributed by atoms with Crippen molar-refractivity contribution in [3.8, 4) is 0 Å². The van der Waals surface area contributed by atoms with Crippen molar-refractivity contribution in [1.82, 2.24) is 0 Å². The highest BCUT2D eigenvalue weighted by Gasteiger charge is 1.90. The van der Waals surface area contributed by atoms with E-state index in [1.54, 1.807) is 7.11 Å². The highest BCUT2D eigenvalue weighted by molar-refractivity contribution is 9.11. The summed E-state index contributed by atoms with van der Waals surface area (Å²) in [5.74, 6) is 0. The maximum absolute atomic E-state index is 5.00.